The molecule has 0 N–H and O–H groups in total. The first-order valence-electron chi connectivity index (χ1n) is 8.49. The highest BCUT2D eigenvalue weighted by Gasteiger charge is 2.45. The summed E-state index contributed by atoms with van der Waals surface area (Å²) in [5.74, 6) is 0.843. The van der Waals surface area contributed by atoms with Gasteiger partial charge in [-0.25, -0.2) is 4.98 Å². The van der Waals surface area contributed by atoms with Crippen molar-refractivity contribution in [3.05, 3.63) is 36.7 Å². The van der Waals surface area contributed by atoms with Gasteiger partial charge in [-0.1, -0.05) is 0 Å². The molecular formula is C17H21N5O3. The number of aromatic nitrogens is 4. The molecule has 2 fully saturated rings. The molecule has 132 valence electrons. The Morgan fingerprint density at radius 1 is 1.48 bits per heavy atom. The minimum atomic E-state index is -0.338. The molecule has 0 aromatic carbocycles. The summed E-state index contributed by atoms with van der Waals surface area (Å²) in [7, 11) is 1.75. The lowest BCUT2D eigenvalue weighted by Crippen LogP contribution is -2.50. The van der Waals surface area contributed by atoms with E-state index in [4.69, 9.17) is 9.47 Å². The van der Waals surface area contributed by atoms with E-state index in [2.05, 4.69) is 15.1 Å². The maximum Gasteiger partial charge on any atom is 0.293 e. The van der Waals surface area contributed by atoms with Crippen LogP contribution in [0.1, 0.15) is 29.9 Å². The number of ether oxygens (including phenoxy) is 2. The number of hydrogen-bond acceptors (Lipinski definition) is 6. The molecule has 2 aliphatic rings. The number of carbonyl (C=O) groups excluding carboxylic acids is 1. The van der Waals surface area contributed by atoms with Gasteiger partial charge >= 0.3 is 0 Å². The van der Waals surface area contributed by atoms with Crippen molar-refractivity contribution in [1.29, 1.82) is 0 Å². The molecule has 0 radical (unpaired) electrons. The average molecular weight is 343 g/mol. The van der Waals surface area contributed by atoms with E-state index < -0.39 is 0 Å². The largest absolute Gasteiger partial charge is 0.486 e. The molecule has 0 aliphatic carbocycles. The van der Waals surface area contributed by atoms with Crippen molar-refractivity contribution in [1.82, 2.24) is 24.6 Å². The molecule has 8 nitrogen and oxygen atoms in total. The number of amides is 1. The second-order valence-electron chi connectivity index (χ2n) is 6.70. The highest BCUT2D eigenvalue weighted by atomic mass is 16.6. The zero-order valence-corrected chi connectivity index (χ0v) is 14.2. The van der Waals surface area contributed by atoms with Gasteiger partial charge in [-0.2, -0.15) is 0 Å². The Hall–Kier alpha value is -2.48. The van der Waals surface area contributed by atoms with Gasteiger partial charge in [-0.15, -0.1) is 5.10 Å². The van der Waals surface area contributed by atoms with Gasteiger partial charge in [0.05, 0.1) is 24.9 Å². The first-order chi connectivity index (χ1) is 12.1. The van der Waals surface area contributed by atoms with E-state index in [1.54, 1.807) is 24.3 Å². The summed E-state index contributed by atoms with van der Waals surface area (Å²) in [5.41, 5.74) is -0.338. The van der Waals surface area contributed by atoms with Crippen LogP contribution in [0.25, 0.3) is 0 Å². The van der Waals surface area contributed by atoms with Crippen LogP contribution in [0.4, 0.5) is 0 Å². The average Bonchev–Trinajstić information content (AvgIpc) is 3.22. The lowest BCUT2D eigenvalue weighted by atomic mass is 9.89. The quantitative estimate of drug-likeness (QED) is 0.829. The molecule has 2 atom stereocenters. The van der Waals surface area contributed by atoms with Crippen molar-refractivity contribution in [2.24, 2.45) is 7.05 Å². The lowest BCUT2D eigenvalue weighted by Gasteiger charge is -2.39. The van der Waals surface area contributed by atoms with Crippen LogP contribution >= 0.6 is 0 Å². The second kappa shape index (κ2) is 6.44. The van der Waals surface area contributed by atoms with E-state index in [-0.39, 0.29) is 23.4 Å². The first-order valence-corrected chi connectivity index (χ1v) is 8.49. The van der Waals surface area contributed by atoms with Gasteiger partial charge in [0.25, 0.3) is 5.91 Å². The molecule has 0 bridgehead atoms. The SMILES string of the molecule is Cn1cnc(C(=O)N2CCCC3(CC(Oc4cccnc4)CO3)C2)n1. The number of rotatable bonds is 3. The molecule has 1 amide bonds. The number of nitrogens with zero attached hydrogens (tertiary/aromatic N) is 5. The predicted molar refractivity (Wildman–Crippen MR) is 88.1 cm³/mol. The van der Waals surface area contributed by atoms with Crippen LogP contribution in [-0.2, 0) is 11.8 Å². The Kier molecular flexibility index (Phi) is 4.12. The summed E-state index contributed by atoms with van der Waals surface area (Å²) >= 11 is 0. The number of carbonyl (C=O) groups is 1. The normalized spacial score (nSPS) is 26.1. The molecule has 4 heterocycles. The van der Waals surface area contributed by atoms with E-state index in [0.29, 0.717) is 19.7 Å². The zero-order chi connectivity index (χ0) is 17.3. The summed E-state index contributed by atoms with van der Waals surface area (Å²) in [6.45, 7) is 1.78. The molecule has 2 aromatic heterocycles. The number of pyridine rings is 1. The topological polar surface area (TPSA) is 82.4 Å². The molecule has 2 unspecified atom stereocenters. The van der Waals surface area contributed by atoms with Crippen molar-refractivity contribution in [2.75, 3.05) is 19.7 Å². The monoisotopic (exact) mass is 343 g/mol. The van der Waals surface area contributed by atoms with E-state index in [1.165, 1.54) is 11.0 Å². The van der Waals surface area contributed by atoms with E-state index in [0.717, 1.165) is 25.0 Å². The van der Waals surface area contributed by atoms with Crippen molar-refractivity contribution < 1.29 is 14.3 Å². The fraction of sp³-hybridized carbons (Fsp3) is 0.529. The van der Waals surface area contributed by atoms with Gasteiger partial charge in [-0.3, -0.25) is 14.5 Å². The molecule has 25 heavy (non-hydrogen) atoms. The lowest BCUT2D eigenvalue weighted by molar-refractivity contribution is -0.0455. The van der Waals surface area contributed by atoms with E-state index in [9.17, 15) is 4.79 Å². The Bertz CT molecular complexity index is 750. The fourth-order valence-electron chi connectivity index (χ4n) is 3.62. The van der Waals surface area contributed by atoms with Crippen molar-refractivity contribution in [3.8, 4) is 5.75 Å². The summed E-state index contributed by atoms with van der Waals surface area (Å²) in [5, 5.41) is 4.11. The van der Waals surface area contributed by atoms with Gasteiger partial charge in [0.2, 0.25) is 5.82 Å². The summed E-state index contributed by atoms with van der Waals surface area (Å²) in [4.78, 5) is 22.5. The van der Waals surface area contributed by atoms with Gasteiger partial charge in [0.15, 0.2) is 0 Å². The number of aryl methyl sites for hydroxylation is 1. The third-order valence-corrected chi connectivity index (χ3v) is 4.73. The van der Waals surface area contributed by atoms with Gasteiger partial charge in [-0.05, 0) is 25.0 Å². The smallest absolute Gasteiger partial charge is 0.293 e. The van der Waals surface area contributed by atoms with E-state index in [1.807, 2.05) is 12.1 Å². The van der Waals surface area contributed by atoms with Crippen LogP contribution in [-0.4, -0.2) is 62.0 Å². The maximum absolute atomic E-state index is 12.6. The summed E-state index contributed by atoms with van der Waals surface area (Å²) in [6.07, 6.45) is 7.53. The third-order valence-electron chi connectivity index (χ3n) is 4.73. The molecule has 2 aliphatic heterocycles. The molecule has 4 rings (SSSR count). The predicted octanol–water partition coefficient (Wildman–Crippen LogP) is 1.05. The highest BCUT2D eigenvalue weighted by Crippen LogP contribution is 2.36. The standard InChI is InChI=1S/C17H21N5O3/c1-21-12-19-15(20-21)16(23)22-7-3-5-17(11-22)8-14(10-24-17)25-13-4-2-6-18-9-13/h2,4,6,9,12,14H,3,5,7-8,10-11H2,1H3. The molecular weight excluding hydrogens is 322 g/mol. The second-order valence-corrected chi connectivity index (χ2v) is 6.70. The number of piperidine rings is 1. The van der Waals surface area contributed by atoms with Crippen molar-refractivity contribution in [2.45, 2.75) is 31.0 Å². The Labute approximate surface area is 145 Å². The minimum Gasteiger partial charge on any atom is -0.486 e. The first kappa shape index (κ1) is 16.0. The third kappa shape index (κ3) is 3.34. The number of hydrogen-bond donors (Lipinski definition) is 0. The Morgan fingerprint density at radius 2 is 2.40 bits per heavy atom. The summed E-state index contributed by atoms with van der Waals surface area (Å²) in [6, 6.07) is 3.74. The van der Waals surface area contributed by atoms with Crippen molar-refractivity contribution in [3.63, 3.8) is 0 Å². The highest BCUT2D eigenvalue weighted by molar-refractivity contribution is 5.90. The molecule has 8 heteroatoms. The molecule has 1 spiro atoms. The van der Waals surface area contributed by atoms with E-state index >= 15 is 0 Å². The van der Waals surface area contributed by atoms with Crippen LogP contribution in [0.15, 0.2) is 30.9 Å². The van der Waals surface area contributed by atoms with Crippen LogP contribution in [0.5, 0.6) is 5.75 Å². The zero-order valence-electron chi connectivity index (χ0n) is 14.2. The molecule has 2 aromatic rings. The van der Waals surface area contributed by atoms with Gasteiger partial charge < -0.3 is 14.4 Å². The number of likely N-dealkylation sites (tertiary alicyclic amines) is 1. The van der Waals surface area contributed by atoms with Crippen molar-refractivity contribution >= 4 is 5.91 Å². The fourth-order valence-corrected chi connectivity index (χ4v) is 3.62. The van der Waals surface area contributed by atoms with Crippen LogP contribution in [0.2, 0.25) is 0 Å². The van der Waals surface area contributed by atoms with Gasteiger partial charge in [0.1, 0.15) is 18.2 Å². The van der Waals surface area contributed by atoms with Gasteiger partial charge in [0, 0.05) is 26.2 Å². The molecule has 2 saturated heterocycles. The maximum atomic E-state index is 12.6. The summed E-state index contributed by atoms with van der Waals surface area (Å²) < 4.78 is 13.6. The Morgan fingerprint density at radius 3 is 3.16 bits per heavy atom. The molecule has 0 saturated carbocycles. The van der Waals surface area contributed by atoms with Crippen LogP contribution in [0.3, 0.4) is 0 Å². The van der Waals surface area contributed by atoms with Crippen LogP contribution in [0, 0.1) is 0 Å². The minimum absolute atomic E-state index is 0.0211. The Balaban J connectivity index is 1.41. The van der Waals surface area contributed by atoms with Crippen LogP contribution < -0.4 is 4.74 Å².